The Morgan fingerprint density at radius 1 is 1.43 bits per heavy atom. The molecule has 0 bridgehead atoms. The predicted octanol–water partition coefficient (Wildman–Crippen LogP) is 1.05. The van der Waals surface area contributed by atoms with Crippen LogP contribution < -0.4 is 5.32 Å². The third kappa shape index (κ3) is 3.22. The number of benzene rings is 1. The van der Waals surface area contributed by atoms with Crippen LogP contribution in [0.1, 0.15) is 22.8 Å². The molecule has 114 valence electrons. The van der Waals surface area contributed by atoms with Crippen molar-refractivity contribution in [3.63, 3.8) is 0 Å². The highest BCUT2D eigenvalue weighted by molar-refractivity contribution is 5.95. The minimum absolute atomic E-state index is 0.0973. The van der Waals surface area contributed by atoms with Gasteiger partial charge in [0.25, 0.3) is 5.91 Å². The maximum absolute atomic E-state index is 12.2. The molecule has 1 fully saturated rings. The molecule has 0 radical (unpaired) electrons. The second kappa shape index (κ2) is 6.24. The second-order valence-electron chi connectivity index (χ2n) is 5.39. The summed E-state index contributed by atoms with van der Waals surface area (Å²) in [6.07, 6.45) is 0. The summed E-state index contributed by atoms with van der Waals surface area (Å²) in [7, 11) is 1.60. The number of nitrogens with one attached hydrogen (secondary N) is 1. The summed E-state index contributed by atoms with van der Waals surface area (Å²) >= 11 is 0. The van der Waals surface area contributed by atoms with E-state index in [1.54, 1.807) is 38.3 Å². The lowest BCUT2D eigenvalue weighted by molar-refractivity contribution is -0.148. The molecular formula is C15H19NO5. The first-order valence-corrected chi connectivity index (χ1v) is 6.67. The third-order valence-electron chi connectivity index (χ3n) is 3.78. The van der Waals surface area contributed by atoms with E-state index < -0.39 is 17.4 Å². The number of carboxylic acids is 1. The van der Waals surface area contributed by atoms with Gasteiger partial charge in [0, 0.05) is 12.7 Å². The monoisotopic (exact) mass is 293 g/mol. The highest BCUT2D eigenvalue weighted by Gasteiger charge is 2.47. The van der Waals surface area contributed by atoms with Gasteiger partial charge in [-0.25, -0.2) is 0 Å². The molecule has 1 aliphatic rings. The third-order valence-corrected chi connectivity index (χ3v) is 3.78. The van der Waals surface area contributed by atoms with Gasteiger partial charge >= 0.3 is 5.97 Å². The molecule has 1 aliphatic heterocycles. The van der Waals surface area contributed by atoms with Crippen LogP contribution >= 0.6 is 0 Å². The van der Waals surface area contributed by atoms with E-state index in [-0.39, 0.29) is 19.1 Å². The average molecular weight is 293 g/mol. The minimum atomic E-state index is -1.09. The summed E-state index contributed by atoms with van der Waals surface area (Å²) in [5.74, 6) is -1.28. The number of carboxylic acid groups (broad SMARTS) is 1. The lowest BCUT2D eigenvalue weighted by Gasteiger charge is -2.25. The number of amides is 1. The Balaban J connectivity index is 2.05. The van der Waals surface area contributed by atoms with Crippen molar-refractivity contribution in [1.82, 2.24) is 5.32 Å². The molecule has 0 aromatic heterocycles. The van der Waals surface area contributed by atoms with E-state index in [2.05, 4.69) is 5.32 Å². The van der Waals surface area contributed by atoms with E-state index in [1.165, 1.54) is 0 Å². The number of hydrogen-bond acceptors (Lipinski definition) is 4. The Morgan fingerprint density at radius 2 is 2.10 bits per heavy atom. The number of aliphatic carboxylic acids is 1. The Labute approximate surface area is 123 Å². The van der Waals surface area contributed by atoms with Crippen LogP contribution in [0, 0.1) is 5.41 Å². The molecule has 0 spiro atoms. The number of carbonyl (C=O) groups excluding carboxylic acids is 1. The van der Waals surface area contributed by atoms with Gasteiger partial charge in [-0.05, 0) is 24.6 Å². The van der Waals surface area contributed by atoms with Crippen molar-refractivity contribution in [3.8, 4) is 0 Å². The van der Waals surface area contributed by atoms with Crippen LogP contribution in [0.5, 0.6) is 0 Å². The molecule has 0 aliphatic carbocycles. The van der Waals surface area contributed by atoms with Crippen LogP contribution in [-0.4, -0.2) is 43.3 Å². The number of ether oxygens (including phenoxy) is 2. The lowest BCUT2D eigenvalue weighted by atomic mass is 9.85. The van der Waals surface area contributed by atoms with Crippen molar-refractivity contribution in [1.29, 1.82) is 0 Å². The zero-order chi connectivity index (χ0) is 15.5. The minimum Gasteiger partial charge on any atom is -0.481 e. The molecule has 1 heterocycles. The molecule has 1 aromatic rings. The van der Waals surface area contributed by atoms with E-state index in [9.17, 15) is 14.7 Å². The maximum atomic E-state index is 12.2. The highest BCUT2D eigenvalue weighted by atomic mass is 16.5. The van der Waals surface area contributed by atoms with Crippen molar-refractivity contribution >= 4 is 11.9 Å². The van der Waals surface area contributed by atoms with E-state index in [0.29, 0.717) is 12.2 Å². The molecule has 2 atom stereocenters. The van der Waals surface area contributed by atoms with E-state index >= 15 is 0 Å². The van der Waals surface area contributed by atoms with Crippen LogP contribution in [0.4, 0.5) is 0 Å². The first-order valence-electron chi connectivity index (χ1n) is 6.67. The molecule has 1 aromatic carbocycles. The van der Waals surface area contributed by atoms with Gasteiger partial charge in [0.2, 0.25) is 0 Å². The van der Waals surface area contributed by atoms with Crippen LogP contribution in [0.25, 0.3) is 0 Å². The zero-order valence-electron chi connectivity index (χ0n) is 12.1. The standard InChI is InChI=1S/C15H19NO5/c1-15(14(18)19)9-21-8-12(15)16-13(17)11-5-3-10(4-6-11)7-20-2/h3-6,12H,7-9H2,1-2H3,(H,16,17)(H,18,19). The normalized spacial score (nSPS) is 24.8. The van der Waals surface area contributed by atoms with Crippen molar-refractivity contribution in [2.75, 3.05) is 20.3 Å². The lowest BCUT2D eigenvalue weighted by Crippen LogP contribution is -2.49. The Bertz CT molecular complexity index is 527. The summed E-state index contributed by atoms with van der Waals surface area (Å²) in [4.78, 5) is 23.5. The molecule has 1 amide bonds. The van der Waals surface area contributed by atoms with E-state index in [0.717, 1.165) is 5.56 Å². The first-order chi connectivity index (χ1) is 9.97. The van der Waals surface area contributed by atoms with Crippen molar-refractivity contribution in [2.45, 2.75) is 19.6 Å². The SMILES string of the molecule is COCc1ccc(C(=O)NC2COCC2(C)C(=O)O)cc1. The van der Waals surface area contributed by atoms with E-state index in [4.69, 9.17) is 9.47 Å². The summed E-state index contributed by atoms with van der Waals surface area (Å²) in [5.41, 5.74) is 0.356. The van der Waals surface area contributed by atoms with Gasteiger partial charge in [0.05, 0.1) is 25.9 Å². The first kappa shape index (κ1) is 15.5. The van der Waals surface area contributed by atoms with E-state index in [1.807, 2.05) is 0 Å². The fraction of sp³-hybridized carbons (Fsp3) is 0.467. The van der Waals surface area contributed by atoms with Gasteiger partial charge in [-0.1, -0.05) is 12.1 Å². The van der Waals surface area contributed by atoms with Crippen LogP contribution in [-0.2, 0) is 20.9 Å². The maximum Gasteiger partial charge on any atom is 0.313 e. The molecule has 2 N–H and O–H groups in total. The fourth-order valence-electron chi connectivity index (χ4n) is 2.25. The zero-order valence-corrected chi connectivity index (χ0v) is 12.1. The van der Waals surface area contributed by atoms with Crippen molar-refractivity contribution in [3.05, 3.63) is 35.4 Å². The molecule has 6 nitrogen and oxygen atoms in total. The fourth-order valence-corrected chi connectivity index (χ4v) is 2.25. The summed E-state index contributed by atoms with van der Waals surface area (Å²) in [5, 5.41) is 12.0. The molecule has 0 saturated carbocycles. The average Bonchev–Trinajstić information content (AvgIpc) is 2.83. The van der Waals surface area contributed by atoms with Gasteiger partial charge in [0.15, 0.2) is 0 Å². The van der Waals surface area contributed by atoms with Crippen molar-refractivity contribution < 1.29 is 24.2 Å². The Morgan fingerprint density at radius 3 is 2.67 bits per heavy atom. The molecule has 6 heteroatoms. The predicted molar refractivity (Wildman–Crippen MR) is 75.0 cm³/mol. The number of carbonyl (C=O) groups is 2. The smallest absolute Gasteiger partial charge is 0.313 e. The largest absolute Gasteiger partial charge is 0.481 e. The summed E-state index contributed by atoms with van der Waals surface area (Å²) in [6, 6.07) is 6.45. The summed E-state index contributed by atoms with van der Waals surface area (Å²) in [6.45, 7) is 2.36. The van der Waals surface area contributed by atoms with Gasteiger partial charge in [0.1, 0.15) is 5.41 Å². The second-order valence-corrected chi connectivity index (χ2v) is 5.39. The number of hydrogen-bond donors (Lipinski definition) is 2. The van der Waals surface area contributed by atoms with Crippen LogP contribution in [0.3, 0.4) is 0 Å². The molecule has 1 saturated heterocycles. The van der Waals surface area contributed by atoms with Gasteiger partial charge in [-0.3, -0.25) is 9.59 Å². The molecule has 21 heavy (non-hydrogen) atoms. The number of rotatable bonds is 5. The Hall–Kier alpha value is -1.92. The quantitative estimate of drug-likeness (QED) is 0.847. The molecule has 2 rings (SSSR count). The molecule has 2 unspecified atom stereocenters. The van der Waals surface area contributed by atoms with Gasteiger partial charge in [-0.2, -0.15) is 0 Å². The molecular weight excluding hydrogens is 274 g/mol. The topological polar surface area (TPSA) is 84.9 Å². The van der Waals surface area contributed by atoms with Gasteiger partial charge < -0.3 is 19.9 Å². The van der Waals surface area contributed by atoms with Crippen molar-refractivity contribution in [2.24, 2.45) is 5.41 Å². The number of methoxy groups -OCH3 is 1. The Kier molecular flexibility index (Phi) is 4.59. The van der Waals surface area contributed by atoms with Crippen LogP contribution in [0.15, 0.2) is 24.3 Å². The van der Waals surface area contributed by atoms with Crippen LogP contribution in [0.2, 0.25) is 0 Å². The van der Waals surface area contributed by atoms with Gasteiger partial charge in [-0.15, -0.1) is 0 Å². The summed E-state index contributed by atoms with van der Waals surface area (Å²) < 4.78 is 10.2. The highest BCUT2D eigenvalue weighted by Crippen LogP contribution is 2.28.